The second-order valence-electron chi connectivity index (χ2n) is 5.10. The van der Waals surface area contributed by atoms with Gasteiger partial charge in [0.2, 0.25) is 5.91 Å². The van der Waals surface area contributed by atoms with E-state index in [4.69, 9.17) is 0 Å². The molecule has 2 aromatic rings. The molecule has 5 nitrogen and oxygen atoms in total. The molecular weight excluding hydrogens is 266 g/mol. The summed E-state index contributed by atoms with van der Waals surface area (Å²) < 4.78 is 1.60. The van der Waals surface area contributed by atoms with Crippen molar-refractivity contribution in [3.63, 3.8) is 0 Å². The van der Waals surface area contributed by atoms with Gasteiger partial charge in [-0.1, -0.05) is 25.1 Å². The summed E-state index contributed by atoms with van der Waals surface area (Å²) >= 11 is 0. The summed E-state index contributed by atoms with van der Waals surface area (Å²) in [5, 5.41) is 2.91. The third-order valence-corrected chi connectivity index (χ3v) is 3.72. The van der Waals surface area contributed by atoms with E-state index in [9.17, 15) is 9.59 Å². The fraction of sp³-hybridized carbons (Fsp3) is 0.375. The van der Waals surface area contributed by atoms with E-state index in [1.54, 1.807) is 4.57 Å². The zero-order valence-corrected chi connectivity index (χ0v) is 12.7. The molecule has 0 bridgehead atoms. The predicted octanol–water partition coefficient (Wildman–Crippen LogP) is 2.38. The minimum Gasteiger partial charge on any atom is -0.326 e. The third-order valence-electron chi connectivity index (χ3n) is 3.72. The molecule has 1 aromatic carbocycles. The molecule has 0 spiro atoms. The largest absolute Gasteiger partial charge is 0.326 e. The van der Waals surface area contributed by atoms with E-state index in [-0.39, 0.29) is 18.0 Å². The van der Waals surface area contributed by atoms with Crippen molar-refractivity contribution in [1.82, 2.24) is 9.55 Å². The van der Waals surface area contributed by atoms with Crippen molar-refractivity contribution in [1.29, 1.82) is 0 Å². The van der Waals surface area contributed by atoms with E-state index < -0.39 is 0 Å². The van der Waals surface area contributed by atoms with Gasteiger partial charge in [0.15, 0.2) is 0 Å². The molecule has 1 heterocycles. The van der Waals surface area contributed by atoms with E-state index in [0.29, 0.717) is 6.54 Å². The Kier molecular flexibility index (Phi) is 4.62. The fourth-order valence-corrected chi connectivity index (χ4v) is 2.32. The first kappa shape index (κ1) is 15.1. The number of nitrogens with one attached hydrogen (secondary N) is 2. The number of para-hydroxylation sites is 1. The van der Waals surface area contributed by atoms with Crippen LogP contribution in [0.4, 0.5) is 5.69 Å². The molecule has 1 amide bonds. The van der Waals surface area contributed by atoms with E-state index in [1.807, 2.05) is 38.1 Å². The molecule has 0 aliphatic rings. The highest BCUT2D eigenvalue weighted by Gasteiger charge is 2.10. The van der Waals surface area contributed by atoms with Crippen LogP contribution in [-0.2, 0) is 17.8 Å². The maximum absolute atomic E-state index is 12.0. The molecule has 112 valence electrons. The molecule has 0 atom stereocenters. The summed E-state index contributed by atoms with van der Waals surface area (Å²) in [6.07, 6.45) is 1.14. The van der Waals surface area contributed by atoms with Crippen LogP contribution in [-0.4, -0.2) is 15.5 Å². The van der Waals surface area contributed by atoms with Gasteiger partial charge in [0.1, 0.15) is 0 Å². The zero-order valence-electron chi connectivity index (χ0n) is 12.7. The van der Waals surface area contributed by atoms with Gasteiger partial charge in [0.25, 0.3) is 0 Å². The number of imidazole rings is 1. The SMILES string of the molecule is CCc1ccccc1NC(=O)CCn1c(C)c(C)[nH]c1=O. The van der Waals surface area contributed by atoms with Gasteiger partial charge in [-0.3, -0.25) is 9.36 Å². The average molecular weight is 287 g/mol. The first-order chi connectivity index (χ1) is 10.0. The highest BCUT2D eigenvalue weighted by molar-refractivity contribution is 5.91. The Bertz CT molecular complexity index is 698. The number of carbonyl (C=O) groups is 1. The molecule has 0 saturated carbocycles. The molecule has 21 heavy (non-hydrogen) atoms. The second kappa shape index (κ2) is 6.43. The minimum atomic E-state index is -0.160. The molecule has 0 radical (unpaired) electrons. The number of rotatable bonds is 5. The number of benzene rings is 1. The van der Waals surface area contributed by atoms with Crippen LogP contribution in [0.25, 0.3) is 0 Å². The molecule has 0 fully saturated rings. The summed E-state index contributed by atoms with van der Waals surface area (Å²) in [5.74, 6) is -0.0824. The summed E-state index contributed by atoms with van der Waals surface area (Å²) in [6.45, 7) is 6.16. The quantitative estimate of drug-likeness (QED) is 0.886. The highest BCUT2D eigenvalue weighted by atomic mass is 16.2. The number of amides is 1. The van der Waals surface area contributed by atoms with Crippen molar-refractivity contribution in [3.05, 3.63) is 51.7 Å². The van der Waals surface area contributed by atoms with Crippen LogP contribution >= 0.6 is 0 Å². The molecule has 2 N–H and O–H groups in total. The Morgan fingerprint density at radius 3 is 2.62 bits per heavy atom. The minimum absolute atomic E-state index is 0.0824. The zero-order chi connectivity index (χ0) is 15.4. The van der Waals surface area contributed by atoms with Gasteiger partial charge in [-0.05, 0) is 31.9 Å². The maximum atomic E-state index is 12.0. The molecule has 0 aliphatic heterocycles. The van der Waals surface area contributed by atoms with Gasteiger partial charge in [0.05, 0.1) is 0 Å². The number of anilines is 1. The molecule has 0 saturated heterocycles. The number of hydrogen-bond acceptors (Lipinski definition) is 2. The number of aromatic nitrogens is 2. The van der Waals surface area contributed by atoms with Crippen molar-refractivity contribution in [3.8, 4) is 0 Å². The van der Waals surface area contributed by atoms with Crippen molar-refractivity contribution in [2.24, 2.45) is 0 Å². The maximum Gasteiger partial charge on any atom is 0.325 e. The van der Waals surface area contributed by atoms with Gasteiger partial charge >= 0.3 is 5.69 Å². The standard InChI is InChI=1S/C16H21N3O2/c1-4-13-7-5-6-8-14(13)18-15(20)9-10-19-12(3)11(2)17-16(19)21/h5-8H,4,9-10H2,1-3H3,(H,17,21)(H,18,20). The fourth-order valence-electron chi connectivity index (χ4n) is 2.32. The van der Waals surface area contributed by atoms with Crippen molar-refractivity contribution >= 4 is 11.6 Å². The van der Waals surface area contributed by atoms with Crippen LogP contribution in [0.1, 0.15) is 30.3 Å². The Balaban J connectivity index is 2.01. The molecular formula is C16H21N3O2. The van der Waals surface area contributed by atoms with Crippen LogP contribution < -0.4 is 11.0 Å². The second-order valence-corrected chi connectivity index (χ2v) is 5.10. The first-order valence-electron chi connectivity index (χ1n) is 7.16. The Morgan fingerprint density at radius 2 is 2.00 bits per heavy atom. The monoisotopic (exact) mass is 287 g/mol. The van der Waals surface area contributed by atoms with Gasteiger partial charge in [0, 0.05) is 30.0 Å². The lowest BCUT2D eigenvalue weighted by atomic mass is 10.1. The summed E-state index contributed by atoms with van der Waals surface area (Å²) in [7, 11) is 0. The third kappa shape index (κ3) is 3.42. The number of hydrogen-bond donors (Lipinski definition) is 2. The van der Waals surface area contributed by atoms with Crippen molar-refractivity contribution in [2.45, 2.75) is 40.2 Å². The Labute approximate surface area is 124 Å². The van der Waals surface area contributed by atoms with Crippen LogP contribution in [0.2, 0.25) is 0 Å². The number of carbonyl (C=O) groups excluding carboxylic acids is 1. The molecule has 0 unspecified atom stereocenters. The lowest BCUT2D eigenvalue weighted by Crippen LogP contribution is -2.22. The van der Waals surface area contributed by atoms with E-state index >= 15 is 0 Å². The predicted molar refractivity (Wildman–Crippen MR) is 83.6 cm³/mol. The van der Waals surface area contributed by atoms with Gasteiger partial charge in [-0.15, -0.1) is 0 Å². The van der Waals surface area contributed by atoms with Crippen molar-refractivity contribution < 1.29 is 4.79 Å². The molecule has 0 aliphatic carbocycles. The lowest BCUT2D eigenvalue weighted by molar-refractivity contribution is -0.116. The summed E-state index contributed by atoms with van der Waals surface area (Å²) in [6, 6.07) is 7.76. The lowest BCUT2D eigenvalue weighted by Gasteiger charge is -2.10. The van der Waals surface area contributed by atoms with Gasteiger partial charge in [-0.2, -0.15) is 0 Å². The smallest absolute Gasteiger partial charge is 0.325 e. The number of nitrogens with zero attached hydrogens (tertiary/aromatic N) is 1. The van der Waals surface area contributed by atoms with Gasteiger partial charge in [-0.25, -0.2) is 4.79 Å². The summed E-state index contributed by atoms with van der Waals surface area (Å²) in [5.41, 5.74) is 3.52. The normalized spacial score (nSPS) is 10.6. The number of H-pyrrole nitrogens is 1. The number of aryl methyl sites for hydroxylation is 2. The Hall–Kier alpha value is -2.30. The van der Waals surface area contributed by atoms with Gasteiger partial charge < -0.3 is 10.3 Å². The van der Waals surface area contributed by atoms with Crippen LogP contribution in [0.5, 0.6) is 0 Å². The topological polar surface area (TPSA) is 66.9 Å². The molecule has 5 heteroatoms. The van der Waals surface area contributed by atoms with E-state index in [1.165, 1.54) is 0 Å². The number of aromatic amines is 1. The van der Waals surface area contributed by atoms with Crippen LogP contribution in [0.3, 0.4) is 0 Å². The first-order valence-corrected chi connectivity index (χ1v) is 7.16. The molecule has 1 aromatic heterocycles. The molecule has 2 rings (SSSR count). The van der Waals surface area contributed by atoms with Crippen LogP contribution in [0, 0.1) is 13.8 Å². The van der Waals surface area contributed by atoms with E-state index in [0.717, 1.165) is 29.1 Å². The van der Waals surface area contributed by atoms with Crippen molar-refractivity contribution in [2.75, 3.05) is 5.32 Å². The van der Waals surface area contributed by atoms with Crippen LogP contribution in [0.15, 0.2) is 29.1 Å². The highest BCUT2D eigenvalue weighted by Crippen LogP contribution is 2.15. The summed E-state index contributed by atoms with van der Waals surface area (Å²) in [4.78, 5) is 26.5. The Morgan fingerprint density at radius 1 is 1.29 bits per heavy atom. The average Bonchev–Trinajstić information content (AvgIpc) is 2.71. The van der Waals surface area contributed by atoms with E-state index in [2.05, 4.69) is 17.2 Å².